The molecule has 27 heavy (non-hydrogen) atoms. The second-order valence-electron chi connectivity index (χ2n) is 7.61. The van der Waals surface area contributed by atoms with E-state index < -0.39 is 5.54 Å². The normalized spacial score (nSPS) is 18.8. The van der Waals surface area contributed by atoms with Crippen molar-refractivity contribution in [2.75, 3.05) is 12.3 Å². The molecule has 1 aliphatic carbocycles. The molecule has 1 saturated heterocycles. The van der Waals surface area contributed by atoms with E-state index in [1.54, 1.807) is 25.6 Å². The smallest absolute Gasteiger partial charge is 0.324 e. The van der Waals surface area contributed by atoms with E-state index in [0.717, 1.165) is 23.0 Å². The number of carbonyl (C=O) groups is 2. The Hall–Kier alpha value is -2.28. The van der Waals surface area contributed by atoms with E-state index in [9.17, 15) is 9.59 Å². The van der Waals surface area contributed by atoms with Gasteiger partial charge in [-0.15, -0.1) is 0 Å². The van der Waals surface area contributed by atoms with Crippen LogP contribution in [-0.2, 0) is 4.79 Å². The summed E-state index contributed by atoms with van der Waals surface area (Å²) in [5.41, 5.74) is 1.55. The topological polar surface area (TPSA) is 67.2 Å². The van der Waals surface area contributed by atoms with Gasteiger partial charge in [-0.1, -0.05) is 42.1 Å². The van der Waals surface area contributed by atoms with E-state index in [1.807, 2.05) is 24.4 Å². The summed E-state index contributed by atoms with van der Waals surface area (Å²) in [6.07, 6.45) is 5.09. The molecule has 1 aromatic carbocycles. The van der Waals surface area contributed by atoms with Crippen LogP contribution in [0.15, 0.2) is 41.7 Å². The summed E-state index contributed by atoms with van der Waals surface area (Å²) in [6, 6.07) is 10.6. The van der Waals surface area contributed by atoms with Crippen molar-refractivity contribution < 1.29 is 9.59 Å². The van der Waals surface area contributed by atoms with Crippen molar-refractivity contribution in [1.29, 1.82) is 0 Å². The third-order valence-electron chi connectivity index (χ3n) is 4.95. The van der Waals surface area contributed by atoms with Gasteiger partial charge in [0.05, 0.1) is 11.9 Å². The fraction of sp³-hybridized carbons (Fsp3) is 0.450. The van der Waals surface area contributed by atoms with Gasteiger partial charge in [0, 0.05) is 18.3 Å². The Morgan fingerprint density at radius 2 is 1.96 bits per heavy atom. The molecule has 0 atom stereocenters. The highest BCUT2D eigenvalue weighted by molar-refractivity contribution is 7.99. The summed E-state index contributed by atoms with van der Waals surface area (Å²) < 4.78 is 2.34. The minimum absolute atomic E-state index is 0.150. The molecule has 142 valence electrons. The van der Waals surface area contributed by atoms with Gasteiger partial charge in [-0.25, -0.2) is 9.78 Å². The Bertz CT molecular complexity index is 858. The van der Waals surface area contributed by atoms with Crippen molar-refractivity contribution >= 4 is 23.7 Å². The highest BCUT2D eigenvalue weighted by Gasteiger charge is 2.43. The largest absolute Gasteiger partial charge is 0.325 e. The van der Waals surface area contributed by atoms with Crippen LogP contribution in [0.1, 0.15) is 39.2 Å². The van der Waals surface area contributed by atoms with Crippen LogP contribution in [0.5, 0.6) is 0 Å². The lowest BCUT2D eigenvalue weighted by Gasteiger charge is -2.16. The lowest BCUT2D eigenvalue weighted by molar-refractivity contribution is -0.130. The number of imidazole rings is 1. The third-order valence-corrected chi connectivity index (χ3v) is 6.00. The molecule has 3 amide bonds. The maximum Gasteiger partial charge on any atom is 0.325 e. The maximum absolute atomic E-state index is 12.2. The summed E-state index contributed by atoms with van der Waals surface area (Å²) in [4.78, 5) is 30.1. The molecule has 1 N–H and O–H groups in total. The molecule has 0 spiro atoms. The molecule has 2 aliphatic rings. The summed E-state index contributed by atoms with van der Waals surface area (Å²) in [5.74, 6) is 0.665. The summed E-state index contributed by atoms with van der Waals surface area (Å²) in [6.45, 7) is 3.91. The first-order valence-electron chi connectivity index (χ1n) is 9.37. The van der Waals surface area contributed by atoms with Crippen LogP contribution in [0.25, 0.3) is 11.3 Å². The second-order valence-corrected chi connectivity index (χ2v) is 8.67. The highest BCUT2D eigenvalue weighted by Crippen LogP contribution is 2.41. The zero-order valence-electron chi connectivity index (χ0n) is 15.6. The summed E-state index contributed by atoms with van der Waals surface area (Å²) in [5, 5.41) is 3.74. The number of hydrogen-bond donors (Lipinski definition) is 1. The maximum atomic E-state index is 12.2. The number of nitrogens with zero attached hydrogens (tertiary/aromatic N) is 3. The van der Waals surface area contributed by atoms with Crippen LogP contribution >= 0.6 is 11.8 Å². The molecule has 4 rings (SSSR count). The Morgan fingerprint density at radius 3 is 2.59 bits per heavy atom. The van der Waals surface area contributed by atoms with Gasteiger partial charge < -0.3 is 9.88 Å². The number of imide groups is 1. The average Bonchev–Trinajstić information content (AvgIpc) is 3.36. The Balaban J connectivity index is 1.39. The fourth-order valence-electron chi connectivity index (χ4n) is 3.37. The van der Waals surface area contributed by atoms with Gasteiger partial charge in [0.2, 0.25) is 0 Å². The standard InChI is InChI=1S/C20H24N4O2S/c1-20(2)17(25)23(18(26)22-20)11-6-12-27-19-21-13-16(24(19)15-9-10-15)14-7-4-3-5-8-14/h3-5,7-8,13,15H,6,9-12H2,1-2H3,(H,22,26). The molecular weight excluding hydrogens is 360 g/mol. The molecule has 6 nitrogen and oxygen atoms in total. The molecule has 0 radical (unpaired) electrons. The van der Waals surface area contributed by atoms with E-state index in [1.165, 1.54) is 23.3 Å². The molecule has 7 heteroatoms. The van der Waals surface area contributed by atoms with Crippen molar-refractivity contribution in [3.8, 4) is 11.3 Å². The number of thioether (sulfide) groups is 1. The molecule has 1 aromatic heterocycles. The van der Waals surface area contributed by atoms with Gasteiger partial charge in [0.15, 0.2) is 5.16 Å². The van der Waals surface area contributed by atoms with Crippen molar-refractivity contribution in [3.63, 3.8) is 0 Å². The molecule has 2 aromatic rings. The van der Waals surface area contributed by atoms with Gasteiger partial charge in [0.1, 0.15) is 5.54 Å². The lowest BCUT2D eigenvalue weighted by atomic mass is 10.1. The summed E-state index contributed by atoms with van der Waals surface area (Å²) >= 11 is 1.70. The van der Waals surface area contributed by atoms with Gasteiger partial charge in [-0.05, 0) is 38.7 Å². The predicted octanol–water partition coefficient (Wildman–Crippen LogP) is 3.70. The molecule has 1 saturated carbocycles. The number of benzene rings is 1. The number of hydrogen-bond acceptors (Lipinski definition) is 4. The van der Waals surface area contributed by atoms with Crippen LogP contribution in [0, 0.1) is 0 Å². The lowest BCUT2D eigenvalue weighted by Crippen LogP contribution is -2.40. The van der Waals surface area contributed by atoms with Gasteiger partial charge in [-0.2, -0.15) is 0 Å². The minimum Gasteiger partial charge on any atom is -0.324 e. The van der Waals surface area contributed by atoms with Gasteiger partial charge in [0.25, 0.3) is 5.91 Å². The molecule has 1 aliphatic heterocycles. The molecule has 0 unspecified atom stereocenters. The number of amides is 3. The zero-order chi connectivity index (χ0) is 19.0. The minimum atomic E-state index is -0.795. The van der Waals surface area contributed by atoms with Crippen molar-refractivity contribution in [1.82, 2.24) is 19.8 Å². The van der Waals surface area contributed by atoms with E-state index in [2.05, 4.69) is 27.0 Å². The van der Waals surface area contributed by atoms with Crippen LogP contribution in [0.4, 0.5) is 4.79 Å². The van der Waals surface area contributed by atoms with E-state index in [-0.39, 0.29) is 11.9 Å². The number of nitrogens with one attached hydrogen (secondary N) is 1. The number of carbonyl (C=O) groups excluding carboxylic acids is 2. The number of rotatable bonds is 7. The highest BCUT2D eigenvalue weighted by atomic mass is 32.2. The van der Waals surface area contributed by atoms with E-state index in [4.69, 9.17) is 0 Å². The Kier molecular flexibility index (Phi) is 4.72. The first kappa shape index (κ1) is 18.1. The monoisotopic (exact) mass is 384 g/mol. The fourth-order valence-corrected chi connectivity index (χ4v) is 4.34. The molecular formula is C20H24N4O2S. The van der Waals surface area contributed by atoms with Crippen LogP contribution in [0.2, 0.25) is 0 Å². The van der Waals surface area contributed by atoms with Crippen LogP contribution < -0.4 is 5.32 Å². The van der Waals surface area contributed by atoms with Crippen LogP contribution in [0.3, 0.4) is 0 Å². The number of urea groups is 1. The first-order valence-corrected chi connectivity index (χ1v) is 10.4. The SMILES string of the molecule is CC1(C)NC(=O)N(CCCSc2ncc(-c3ccccc3)n2C2CC2)C1=O. The zero-order valence-corrected chi connectivity index (χ0v) is 16.5. The Labute approximate surface area is 163 Å². The van der Waals surface area contributed by atoms with E-state index >= 15 is 0 Å². The first-order chi connectivity index (χ1) is 13.0. The average molecular weight is 385 g/mol. The second kappa shape index (κ2) is 7.03. The Morgan fingerprint density at radius 1 is 1.22 bits per heavy atom. The van der Waals surface area contributed by atoms with Gasteiger partial charge >= 0.3 is 6.03 Å². The molecule has 0 bridgehead atoms. The number of aromatic nitrogens is 2. The van der Waals surface area contributed by atoms with Crippen molar-refractivity contribution in [3.05, 3.63) is 36.5 Å². The third kappa shape index (κ3) is 3.60. The van der Waals surface area contributed by atoms with Crippen LogP contribution in [-0.4, -0.2) is 44.2 Å². The van der Waals surface area contributed by atoms with Crippen molar-refractivity contribution in [2.45, 2.75) is 49.8 Å². The molecule has 2 heterocycles. The summed E-state index contributed by atoms with van der Waals surface area (Å²) in [7, 11) is 0. The quantitative estimate of drug-likeness (QED) is 0.449. The van der Waals surface area contributed by atoms with Crippen molar-refractivity contribution in [2.24, 2.45) is 0 Å². The predicted molar refractivity (Wildman–Crippen MR) is 106 cm³/mol. The molecule has 2 fully saturated rings. The van der Waals surface area contributed by atoms with Gasteiger partial charge in [-0.3, -0.25) is 9.69 Å². The van der Waals surface area contributed by atoms with E-state index in [0.29, 0.717) is 12.6 Å².